The van der Waals surface area contributed by atoms with Crippen LogP contribution in [-0.4, -0.2) is 68.1 Å². The molecule has 1 unspecified atom stereocenters. The minimum absolute atomic E-state index is 0.0169. The lowest BCUT2D eigenvalue weighted by molar-refractivity contribution is -0.138. The second kappa shape index (κ2) is 7.70. The molecule has 3 rings (SSSR count). The van der Waals surface area contributed by atoms with Gasteiger partial charge in [0.2, 0.25) is 15.9 Å². The van der Waals surface area contributed by atoms with Crippen molar-refractivity contribution in [2.24, 2.45) is 5.92 Å². The largest absolute Gasteiger partial charge is 0.341 e. The molecule has 6 nitrogen and oxygen atoms in total. The van der Waals surface area contributed by atoms with Crippen LogP contribution in [0, 0.1) is 5.92 Å². The van der Waals surface area contributed by atoms with Gasteiger partial charge in [0.15, 0.2) is 0 Å². The Morgan fingerprint density at radius 2 is 1.71 bits per heavy atom. The second-order valence-corrected chi connectivity index (χ2v) is 9.44. The van der Waals surface area contributed by atoms with Crippen LogP contribution in [0.5, 0.6) is 0 Å². The van der Waals surface area contributed by atoms with Gasteiger partial charge in [0, 0.05) is 19.1 Å². The summed E-state index contributed by atoms with van der Waals surface area (Å²) in [5.41, 5.74) is 0. The van der Waals surface area contributed by atoms with Gasteiger partial charge in [0.25, 0.3) is 0 Å². The topological polar surface area (TPSA) is 69.7 Å². The molecule has 1 atom stereocenters. The summed E-state index contributed by atoms with van der Waals surface area (Å²) in [5, 5.41) is 0. The van der Waals surface area contributed by atoms with E-state index in [0.29, 0.717) is 25.4 Å². The van der Waals surface area contributed by atoms with Crippen molar-refractivity contribution in [3.63, 3.8) is 0 Å². The van der Waals surface area contributed by atoms with Gasteiger partial charge in [-0.05, 0) is 64.0 Å². The summed E-state index contributed by atoms with van der Waals surface area (Å²) in [7, 11) is -3.16. The molecule has 0 spiro atoms. The Morgan fingerprint density at radius 1 is 1.08 bits per heavy atom. The Hall–Kier alpha value is -0.660. The van der Waals surface area contributed by atoms with E-state index in [1.165, 1.54) is 25.7 Å². The Labute approximate surface area is 146 Å². The molecule has 138 valence electrons. The van der Waals surface area contributed by atoms with Crippen LogP contribution in [0.3, 0.4) is 0 Å². The third-order valence-corrected chi connectivity index (χ3v) is 7.12. The lowest BCUT2D eigenvalue weighted by atomic mass is 10.0. The van der Waals surface area contributed by atoms with Crippen molar-refractivity contribution in [2.45, 2.75) is 64.0 Å². The molecule has 0 aromatic heterocycles. The van der Waals surface area contributed by atoms with Crippen LogP contribution in [0.25, 0.3) is 0 Å². The summed E-state index contributed by atoms with van der Waals surface area (Å²) in [4.78, 5) is 17.4. The van der Waals surface area contributed by atoms with Crippen molar-refractivity contribution in [1.29, 1.82) is 0 Å². The number of hydrogen-bond donors (Lipinski definition) is 1. The fourth-order valence-corrected chi connectivity index (χ4v) is 5.47. The average molecular weight is 358 g/mol. The quantitative estimate of drug-likeness (QED) is 0.743. The molecule has 1 amide bonds. The Balaban J connectivity index is 1.52. The van der Waals surface area contributed by atoms with Gasteiger partial charge in [-0.3, -0.25) is 9.69 Å². The van der Waals surface area contributed by atoms with Crippen LogP contribution in [0.4, 0.5) is 0 Å². The van der Waals surface area contributed by atoms with Gasteiger partial charge < -0.3 is 4.90 Å². The first kappa shape index (κ1) is 18.1. The predicted molar refractivity (Wildman–Crippen MR) is 94.1 cm³/mol. The molecule has 3 fully saturated rings. The third-order valence-electron chi connectivity index (χ3n) is 5.48. The van der Waals surface area contributed by atoms with E-state index in [1.807, 2.05) is 11.8 Å². The highest BCUT2D eigenvalue weighted by Crippen LogP contribution is 2.37. The zero-order valence-corrected chi connectivity index (χ0v) is 15.6. The minimum atomic E-state index is -3.16. The van der Waals surface area contributed by atoms with Crippen molar-refractivity contribution in [1.82, 2.24) is 14.5 Å². The number of carbonyl (C=O) groups excluding carboxylic acids is 1. The maximum absolute atomic E-state index is 13.0. The molecule has 2 saturated heterocycles. The molecule has 0 aromatic carbocycles. The lowest BCUT2D eigenvalue weighted by Crippen LogP contribution is -2.53. The second-order valence-electron chi connectivity index (χ2n) is 7.56. The molecule has 1 saturated carbocycles. The van der Waals surface area contributed by atoms with E-state index in [0.717, 1.165) is 25.9 Å². The fourth-order valence-electron chi connectivity index (χ4n) is 4.07. The number of likely N-dealkylation sites (tertiary alicyclic amines) is 2. The normalized spacial score (nSPS) is 25.1. The average Bonchev–Trinajstić information content (AvgIpc) is 3.21. The van der Waals surface area contributed by atoms with Crippen LogP contribution in [0.15, 0.2) is 0 Å². The molecule has 1 N–H and O–H groups in total. The molecule has 2 heterocycles. The monoisotopic (exact) mass is 357 g/mol. The van der Waals surface area contributed by atoms with Crippen molar-refractivity contribution in [3.05, 3.63) is 0 Å². The number of nitrogens with zero attached hydrogens (tertiary/aromatic N) is 2. The van der Waals surface area contributed by atoms with Gasteiger partial charge >= 0.3 is 0 Å². The van der Waals surface area contributed by atoms with Crippen molar-refractivity contribution >= 4 is 15.9 Å². The van der Waals surface area contributed by atoms with E-state index in [1.54, 1.807) is 0 Å². The molecule has 1 aliphatic carbocycles. The van der Waals surface area contributed by atoms with Crippen molar-refractivity contribution < 1.29 is 13.2 Å². The number of sulfonamides is 1. The smallest absolute Gasteiger partial charge is 0.240 e. The highest BCUT2D eigenvalue weighted by atomic mass is 32.2. The van der Waals surface area contributed by atoms with E-state index in [2.05, 4.69) is 9.62 Å². The number of hydrogen-bond acceptors (Lipinski definition) is 4. The first-order valence-electron chi connectivity index (χ1n) is 9.53. The predicted octanol–water partition coefficient (Wildman–Crippen LogP) is 1.18. The van der Waals surface area contributed by atoms with Gasteiger partial charge in [0.05, 0.1) is 11.8 Å². The van der Waals surface area contributed by atoms with Crippen molar-refractivity contribution in [3.8, 4) is 0 Å². The fraction of sp³-hybridized carbons (Fsp3) is 0.941. The maximum atomic E-state index is 13.0. The summed E-state index contributed by atoms with van der Waals surface area (Å²) >= 11 is 0. The minimum Gasteiger partial charge on any atom is -0.341 e. The van der Waals surface area contributed by atoms with Crippen LogP contribution >= 0.6 is 0 Å². The van der Waals surface area contributed by atoms with Crippen LogP contribution in [0.2, 0.25) is 0 Å². The molecular weight excluding hydrogens is 326 g/mol. The maximum Gasteiger partial charge on any atom is 0.240 e. The molecular formula is C17H31N3O3S. The molecule has 0 radical (unpaired) electrons. The van der Waals surface area contributed by atoms with E-state index < -0.39 is 10.0 Å². The Morgan fingerprint density at radius 3 is 2.25 bits per heavy atom. The standard InChI is InChI=1S/C17H31N3O3S/c1-2-13-24(22,23)18-15-7-11-20(12-8-15)17(21)16(14-5-6-14)19-9-3-4-10-19/h14-16,18H,2-13H2,1H3. The van der Waals surface area contributed by atoms with E-state index >= 15 is 0 Å². The molecule has 0 bridgehead atoms. The molecule has 2 aliphatic heterocycles. The SMILES string of the molecule is CCCS(=O)(=O)NC1CCN(C(=O)C(C2CC2)N2CCCC2)CC1. The summed E-state index contributed by atoms with van der Waals surface area (Å²) in [5.74, 6) is 1.02. The lowest BCUT2D eigenvalue weighted by Gasteiger charge is -2.37. The highest BCUT2D eigenvalue weighted by molar-refractivity contribution is 7.89. The summed E-state index contributed by atoms with van der Waals surface area (Å²) < 4.78 is 26.6. The number of nitrogens with one attached hydrogen (secondary N) is 1. The first-order valence-corrected chi connectivity index (χ1v) is 11.2. The van der Waals surface area contributed by atoms with Gasteiger partial charge in [-0.1, -0.05) is 6.92 Å². The summed E-state index contributed by atoms with van der Waals surface area (Å²) in [6, 6.07) is 0.0672. The van der Waals surface area contributed by atoms with Crippen LogP contribution in [-0.2, 0) is 14.8 Å². The highest BCUT2D eigenvalue weighted by Gasteiger charge is 2.43. The summed E-state index contributed by atoms with van der Waals surface area (Å²) in [6.45, 7) is 5.33. The van der Waals surface area contributed by atoms with Crippen molar-refractivity contribution in [2.75, 3.05) is 31.9 Å². The van der Waals surface area contributed by atoms with Gasteiger partial charge in [-0.15, -0.1) is 0 Å². The van der Waals surface area contributed by atoms with Crippen LogP contribution < -0.4 is 4.72 Å². The zero-order chi connectivity index (χ0) is 17.2. The number of piperidine rings is 1. The van der Waals surface area contributed by atoms with E-state index in [4.69, 9.17) is 0 Å². The summed E-state index contributed by atoms with van der Waals surface area (Å²) in [6.07, 6.45) is 6.86. The Bertz CT molecular complexity index is 533. The third kappa shape index (κ3) is 4.49. The van der Waals surface area contributed by atoms with Gasteiger partial charge in [0.1, 0.15) is 0 Å². The number of rotatable bonds is 7. The van der Waals surface area contributed by atoms with Gasteiger partial charge in [-0.25, -0.2) is 13.1 Å². The Kier molecular flexibility index (Phi) is 5.82. The van der Waals surface area contributed by atoms with E-state index in [-0.39, 0.29) is 23.7 Å². The number of amides is 1. The number of carbonyl (C=O) groups is 1. The molecule has 0 aromatic rings. The molecule has 7 heteroatoms. The van der Waals surface area contributed by atoms with E-state index in [9.17, 15) is 13.2 Å². The van der Waals surface area contributed by atoms with Crippen LogP contribution in [0.1, 0.15) is 51.9 Å². The first-order chi connectivity index (χ1) is 11.5. The molecule has 3 aliphatic rings. The molecule has 24 heavy (non-hydrogen) atoms. The van der Waals surface area contributed by atoms with Gasteiger partial charge in [-0.2, -0.15) is 0 Å². The zero-order valence-electron chi connectivity index (χ0n) is 14.7.